The van der Waals surface area contributed by atoms with Crippen LogP contribution in [-0.4, -0.2) is 46.5 Å². The van der Waals surface area contributed by atoms with Crippen molar-refractivity contribution in [3.05, 3.63) is 63.9 Å². The summed E-state index contributed by atoms with van der Waals surface area (Å²) < 4.78 is 37.3. The third kappa shape index (κ3) is 4.24. The number of nitrogens with zero attached hydrogens (tertiary/aromatic N) is 2. The van der Waals surface area contributed by atoms with Crippen LogP contribution in [0.15, 0.2) is 57.6 Å². The molecule has 0 unspecified atom stereocenters. The van der Waals surface area contributed by atoms with Gasteiger partial charge in [-0.3, -0.25) is 4.57 Å². The molecule has 0 radical (unpaired) electrons. The number of nitrogens with two attached hydrogens (primary N) is 1. The molecule has 0 aliphatic carbocycles. The second-order valence-corrected chi connectivity index (χ2v) is 8.73. The molecule has 10 nitrogen and oxygen atoms in total. The van der Waals surface area contributed by atoms with Gasteiger partial charge in [-0.15, -0.1) is 0 Å². The number of aromatic nitrogens is 2. The standard InChI is InChI=1S/C19H23N3O7S/c1-10(2)16(29-30(26,27)12-6-4-11(3)5-7-12)17-14(23)15(24)18(28-17)22-9-8-13(20)21-19(22)25/h4-9,14-15,17-18,23-24H,1-3H3,(H2,20,21,25)/t14-,15+,17-,18+/m0/s1. The molecule has 4 N–H and O–H groups in total. The van der Waals surface area contributed by atoms with Crippen LogP contribution < -0.4 is 11.4 Å². The molecule has 0 saturated carbocycles. The maximum atomic E-state index is 12.7. The number of ether oxygens (including phenoxy) is 1. The molecule has 1 aliphatic rings. The lowest BCUT2D eigenvalue weighted by Gasteiger charge is -2.20. The number of aliphatic hydroxyl groups excluding tert-OH is 2. The SMILES string of the molecule is CC(C)=C(OS(=O)(=O)c1ccc(C)cc1)[C@H]1O[C@@H](n2ccc(N)nc2=O)[C@H](O)[C@@H]1O. The molecule has 0 amide bonds. The van der Waals surface area contributed by atoms with Gasteiger partial charge in [-0.05, 0) is 44.5 Å². The molecule has 1 aromatic heterocycles. The molecule has 162 valence electrons. The van der Waals surface area contributed by atoms with Crippen LogP contribution in [0.4, 0.5) is 5.82 Å². The van der Waals surface area contributed by atoms with Gasteiger partial charge in [0.05, 0.1) is 0 Å². The molecule has 2 aromatic rings. The van der Waals surface area contributed by atoms with Crippen molar-refractivity contribution in [1.82, 2.24) is 9.55 Å². The normalized spacial score (nSPS) is 23.9. The molecular formula is C19H23N3O7S. The summed E-state index contributed by atoms with van der Waals surface area (Å²) in [5.41, 5.74) is 5.96. The van der Waals surface area contributed by atoms with Gasteiger partial charge in [0.2, 0.25) is 0 Å². The number of hydrogen-bond donors (Lipinski definition) is 3. The summed E-state index contributed by atoms with van der Waals surface area (Å²) in [6.07, 6.45) is -4.49. The quantitative estimate of drug-likeness (QED) is 0.447. The van der Waals surface area contributed by atoms with Gasteiger partial charge in [0.15, 0.2) is 6.23 Å². The molecule has 11 heteroatoms. The highest BCUT2D eigenvalue weighted by atomic mass is 32.2. The molecule has 30 heavy (non-hydrogen) atoms. The number of hydrogen-bond acceptors (Lipinski definition) is 9. The van der Waals surface area contributed by atoms with Crippen LogP contribution in [0.3, 0.4) is 0 Å². The Morgan fingerprint density at radius 1 is 1.17 bits per heavy atom. The molecule has 1 fully saturated rings. The van der Waals surface area contributed by atoms with Gasteiger partial charge < -0.3 is 24.9 Å². The Bertz CT molecular complexity index is 1120. The summed E-state index contributed by atoms with van der Waals surface area (Å²) >= 11 is 0. The fourth-order valence-corrected chi connectivity index (χ4v) is 4.08. The van der Waals surface area contributed by atoms with Crippen molar-refractivity contribution in [2.24, 2.45) is 0 Å². The largest absolute Gasteiger partial charge is 0.387 e. The topological polar surface area (TPSA) is 154 Å². The van der Waals surface area contributed by atoms with E-state index in [1.54, 1.807) is 26.0 Å². The van der Waals surface area contributed by atoms with Crippen LogP contribution in [-0.2, 0) is 19.0 Å². The number of aryl methyl sites for hydroxylation is 1. The molecule has 1 saturated heterocycles. The average Bonchev–Trinajstić information content (AvgIpc) is 2.95. The van der Waals surface area contributed by atoms with Crippen LogP contribution in [0.1, 0.15) is 25.6 Å². The van der Waals surface area contributed by atoms with Gasteiger partial charge in [-0.2, -0.15) is 13.4 Å². The zero-order valence-electron chi connectivity index (χ0n) is 16.6. The van der Waals surface area contributed by atoms with E-state index in [4.69, 9.17) is 14.7 Å². The van der Waals surface area contributed by atoms with Crippen LogP contribution in [0.5, 0.6) is 0 Å². The third-order valence-electron chi connectivity index (χ3n) is 4.62. The van der Waals surface area contributed by atoms with Gasteiger partial charge in [-0.25, -0.2) is 4.79 Å². The van der Waals surface area contributed by atoms with Crippen molar-refractivity contribution < 1.29 is 27.6 Å². The van der Waals surface area contributed by atoms with Crippen molar-refractivity contribution in [2.75, 3.05) is 5.73 Å². The first kappa shape index (κ1) is 22.0. The Morgan fingerprint density at radius 2 is 1.80 bits per heavy atom. The molecule has 1 aromatic carbocycles. The van der Waals surface area contributed by atoms with Crippen molar-refractivity contribution in [2.45, 2.75) is 50.2 Å². The van der Waals surface area contributed by atoms with Gasteiger partial charge >= 0.3 is 15.8 Å². The van der Waals surface area contributed by atoms with E-state index in [-0.39, 0.29) is 16.5 Å². The third-order valence-corrected chi connectivity index (χ3v) is 5.87. The number of nitrogen functional groups attached to an aromatic ring is 1. The Balaban J connectivity index is 1.92. The van der Waals surface area contributed by atoms with Crippen LogP contribution in [0, 0.1) is 6.92 Å². The predicted octanol–water partition coefficient (Wildman–Crippen LogP) is 0.453. The first-order valence-corrected chi connectivity index (χ1v) is 10.5. The fourth-order valence-electron chi connectivity index (χ4n) is 3.01. The van der Waals surface area contributed by atoms with E-state index < -0.39 is 40.3 Å². The molecule has 3 rings (SSSR count). The van der Waals surface area contributed by atoms with Crippen molar-refractivity contribution in [3.8, 4) is 0 Å². The molecule has 2 heterocycles. The fraction of sp³-hybridized carbons (Fsp3) is 0.368. The summed E-state index contributed by atoms with van der Waals surface area (Å²) in [4.78, 5) is 15.6. The number of benzene rings is 1. The molecule has 0 spiro atoms. The molecule has 4 atom stereocenters. The van der Waals surface area contributed by atoms with Gasteiger partial charge in [0, 0.05) is 6.20 Å². The van der Waals surface area contributed by atoms with E-state index in [1.165, 1.54) is 24.4 Å². The summed E-state index contributed by atoms with van der Waals surface area (Å²) in [6.45, 7) is 4.97. The Labute approximate surface area is 173 Å². The molecule has 0 bridgehead atoms. The highest BCUT2D eigenvalue weighted by Gasteiger charge is 2.47. The smallest absolute Gasteiger partial charge is 0.351 e. The Morgan fingerprint density at radius 3 is 2.37 bits per heavy atom. The van der Waals surface area contributed by atoms with E-state index in [0.717, 1.165) is 10.1 Å². The maximum Gasteiger partial charge on any atom is 0.351 e. The first-order valence-electron chi connectivity index (χ1n) is 9.06. The van der Waals surface area contributed by atoms with Crippen molar-refractivity contribution in [3.63, 3.8) is 0 Å². The zero-order valence-corrected chi connectivity index (χ0v) is 17.4. The zero-order chi connectivity index (χ0) is 22.2. The van der Waals surface area contributed by atoms with E-state index in [2.05, 4.69) is 4.98 Å². The average molecular weight is 437 g/mol. The first-order chi connectivity index (χ1) is 14.0. The summed E-state index contributed by atoms with van der Waals surface area (Å²) in [5, 5.41) is 20.9. The number of aliphatic hydroxyl groups is 2. The van der Waals surface area contributed by atoms with Crippen LogP contribution in [0.2, 0.25) is 0 Å². The summed E-state index contributed by atoms with van der Waals surface area (Å²) in [6, 6.07) is 7.38. The highest BCUT2D eigenvalue weighted by molar-refractivity contribution is 7.86. The highest BCUT2D eigenvalue weighted by Crippen LogP contribution is 2.35. The van der Waals surface area contributed by atoms with Crippen molar-refractivity contribution >= 4 is 15.9 Å². The molecular weight excluding hydrogens is 414 g/mol. The lowest BCUT2D eigenvalue weighted by molar-refractivity contribution is -0.0376. The second-order valence-electron chi connectivity index (χ2n) is 7.19. The van der Waals surface area contributed by atoms with Gasteiger partial charge in [0.1, 0.15) is 34.8 Å². The second kappa shape index (κ2) is 8.19. The van der Waals surface area contributed by atoms with Crippen LogP contribution >= 0.6 is 0 Å². The number of allylic oxidation sites excluding steroid dienone is 1. The van der Waals surface area contributed by atoms with E-state index in [1.807, 2.05) is 6.92 Å². The predicted molar refractivity (Wildman–Crippen MR) is 107 cm³/mol. The maximum absolute atomic E-state index is 12.7. The van der Waals surface area contributed by atoms with E-state index >= 15 is 0 Å². The monoisotopic (exact) mass is 437 g/mol. The van der Waals surface area contributed by atoms with Crippen LogP contribution in [0.25, 0.3) is 0 Å². The Hall–Kier alpha value is -2.73. The Kier molecular flexibility index (Phi) is 5.99. The van der Waals surface area contributed by atoms with Gasteiger partial charge in [0.25, 0.3) is 0 Å². The van der Waals surface area contributed by atoms with Gasteiger partial charge in [-0.1, -0.05) is 17.7 Å². The van der Waals surface area contributed by atoms with E-state index in [9.17, 15) is 23.4 Å². The summed E-state index contributed by atoms with van der Waals surface area (Å²) in [5.74, 6) is -0.195. The van der Waals surface area contributed by atoms with E-state index in [0.29, 0.717) is 5.57 Å². The minimum absolute atomic E-state index is 0.0154. The lowest BCUT2D eigenvalue weighted by Crippen LogP contribution is -2.36. The minimum atomic E-state index is -4.22. The minimum Gasteiger partial charge on any atom is -0.387 e. The number of anilines is 1. The number of rotatable bonds is 5. The lowest BCUT2D eigenvalue weighted by atomic mass is 10.1. The summed E-state index contributed by atoms with van der Waals surface area (Å²) in [7, 11) is -4.22. The van der Waals surface area contributed by atoms with Crippen molar-refractivity contribution in [1.29, 1.82) is 0 Å². The molecule has 1 aliphatic heterocycles.